The van der Waals surface area contributed by atoms with E-state index in [0.717, 1.165) is 0 Å². The van der Waals surface area contributed by atoms with Crippen molar-refractivity contribution in [1.82, 2.24) is 9.88 Å². The molecule has 0 saturated heterocycles. The summed E-state index contributed by atoms with van der Waals surface area (Å²) in [5.41, 5.74) is 1.21. The van der Waals surface area contributed by atoms with Gasteiger partial charge in [-0.3, -0.25) is 10.1 Å². The van der Waals surface area contributed by atoms with E-state index in [1.54, 1.807) is 26.2 Å². The predicted molar refractivity (Wildman–Crippen MR) is 79.3 cm³/mol. The number of carboxylic acid groups (broad SMARTS) is 1. The fourth-order valence-corrected chi connectivity index (χ4v) is 2.24. The Labute approximate surface area is 124 Å². The fraction of sp³-hybridized carbons (Fsp3) is 0.533. The zero-order valence-electron chi connectivity index (χ0n) is 12.4. The summed E-state index contributed by atoms with van der Waals surface area (Å²) in [5, 5.41) is 11.5. The molecule has 0 radical (unpaired) electrons. The number of carbonyl (C=O) groups is 2. The summed E-state index contributed by atoms with van der Waals surface area (Å²) in [6, 6.07) is 3.43. The molecule has 2 N–H and O–H groups in total. The molecule has 1 aromatic rings. The number of carboxylic acids is 1. The molecule has 21 heavy (non-hydrogen) atoms. The van der Waals surface area contributed by atoms with E-state index in [0.29, 0.717) is 11.7 Å². The van der Waals surface area contributed by atoms with Crippen molar-refractivity contribution >= 4 is 17.8 Å². The van der Waals surface area contributed by atoms with Gasteiger partial charge in [-0.2, -0.15) is 0 Å². The maximum atomic E-state index is 11.9. The molecule has 0 bridgehead atoms. The minimum Gasteiger partial charge on any atom is -0.481 e. The number of anilines is 1. The Kier molecular flexibility index (Phi) is 4.77. The van der Waals surface area contributed by atoms with Crippen LogP contribution in [0, 0.1) is 5.92 Å². The second-order valence-electron chi connectivity index (χ2n) is 5.65. The van der Waals surface area contributed by atoms with Crippen molar-refractivity contribution in [3.05, 3.63) is 23.9 Å². The molecule has 6 heteroatoms. The Morgan fingerprint density at radius 3 is 2.67 bits per heavy atom. The van der Waals surface area contributed by atoms with Crippen molar-refractivity contribution in [3.8, 4) is 0 Å². The van der Waals surface area contributed by atoms with Gasteiger partial charge < -0.3 is 10.0 Å². The molecular weight excluding hydrogens is 270 g/mol. The molecule has 0 aromatic carbocycles. The first-order valence-electron chi connectivity index (χ1n) is 7.18. The van der Waals surface area contributed by atoms with Gasteiger partial charge in [0.1, 0.15) is 5.82 Å². The van der Waals surface area contributed by atoms with Gasteiger partial charge in [-0.05, 0) is 30.4 Å². The van der Waals surface area contributed by atoms with E-state index >= 15 is 0 Å². The minimum atomic E-state index is -0.919. The average Bonchev–Trinajstić information content (AvgIpc) is 2.38. The van der Waals surface area contributed by atoms with Crippen molar-refractivity contribution in [2.75, 3.05) is 18.9 Å². The van der Waals surface area contributed by atoms with Crippen LogP contribution in [0.3, 0.4) is 0 Å². The first-order valence-corrected chi connectivity index (χ1v) is 7.18. The number of pyridine rings is 1. The van der Waals surface area contributed by atoms with E-state index in [-0.39, 0.29) is 12.6 Å². The largest absolute Gasteiger partial charge is 0.481 e. The first-order chi connectivity index (χ1) is 9.97. The Bertz CT molecular complexity index is 511. The van der Waals surface area contributed by atoms with E-state index in [1.165, 1.54) is 29.7 Å². The topological polar surface area (TPSA) is 82.5 Å². The quantitative estimate of drug-likeness (QED) is 0.873. The number of carbonyl (C=O) groups excluding carboxylic acids is 1. The summed E-state index contributed by atoms with van der Waals surface area (Å²) in [4.78, 5) is 28.3. The van der Waals surface area contributed by atoms with Crippen LogP contribution in [0.25, 0.3) is 0 Å². The SMILES string of the molecule is CC(CN(C)C(=O)Nc1ccc(C2CCC2)cn1)C(=O)O. The predicted octanol–water partition coefficient (Wildman–Crippen LogP) is 2.53. The van der Waals surface area contributed by atoms with Crippen molar-refractivity contribution in [3.63, 3.8) is 0 Å². The highest BCUT2D eigenvalue weighted by atomic mass is 16.4. The third-order valence-electron chi connectivity index (χ3n) is 3.91. The number of hydrogen-bond donors (Lipinski definition) is 2. The molecule has 1 heterocycles. The molecule has 1 aliphatic carbocycles. The van der Waals surface area contributed by atoms with Crippen molar-refractivity contribution in [2.24, 2.45) is 5.92 Å². The van der Waals surface area contributed by atoms with Gasteiger partial charge in [0, 0.05) is 19.8 Å². The first kappa shape index (κ1) is 15.3. The van der Waals surface area contributed by atoms with Crippen LogP contribution in [0.4, 0.5) is 10.6 Å². The highest BCUT2D eigenvalue weighted by Crippen LogP contribution is 2.35. The van der Waals surface area contributed by atoms with Crippen LogP contribution in [0.1, 0.15) is 37.7 Å². The van der Waals surface area contributed by atoms with Gasteiger partial charge in [0.2, 0.25) is 0 Å². The summed E-state index contributed by atoms with van der Waals surface area (Å²) >= 11 is 0. The maximum absolute atomic E-state index is 11.9. The lowest BCUT2D eigenvalue weighted by molar-refractivity contribution is -0.141. The Morgan fingerprint density at radius 1 is 1.48 bits per heavy atom. The van der Waals surface area contributed by atoms with Crippen LogP contribution in [-0.4, -0.2) is 40.6 Å². The number of rotatable bonds is 5. The highest BCUT2D eigenvalue weighted by Gasteiger charge is 2.20. The maximum Gasteiger partial charge on any atom is 0.322 e. The Hall–Kier alpha value is -2.11. The third-order valence-corrected chi connectivity index (χ3v) is 3.91. The Balaban J connectivity index is 1.88. The van der Waals surface area contributed by atoms with Crippen LogP contribution in [0.15, 0.2) is 18.3 Å². The van der Waals surface area contributed by atoms with E-state index < -0.39 is 11.9 Å². The van der Waals surface area contributed by atoms with E-state index in [9.17, 15) is 9.59 Å². The number of hydrogen-bond acceptors (Lipinski definition) is 3. The lowest BCUT2D eigenvalue weighted by Crippen LogP contribution is -2.36. The van der Waals surface area contributed by atoms with Gasteiger partial charge in [-0.25, -0.2) is 9.78 Å². The van der Waals surface area contributed by atoms with Crippen LogP contribution >= 0.6 is 0 Å². The molecule has 6 nitrogen and oxygen atoms in total. The molecular formula is C15H21N3O3. The fourth-order valence-electron chi connectivity index (χ4n) is 2.24. The second kappa shape index (κ2) is 6.56. The minimum absolute atomic E-state index is 0.154. The van der Waals surface area contributed by atoms with E-state index in [1.807, 2.05) is 6.07 Å². The van der Waals surface area contributed by atoms with Crippen LogP contribution in [0.2, 0.25) is 0 Å². The summed E-state index contributed by atoms with van der Waals surface area (Å²) in [6.45, 7) is 1.72. The van der Waals surface area contributed by atoms with Gasteiger partial charge in [0.15, 0.2) is 0 Å². The van der Waals surface area contributed by atoms with Crippen molar-refractivity contribution in [2.45, 2.75) is 32.1 Å². The molecule has 1 atom stereocenters. The van der Waals surface area contributed by atoms with Gasteiger partial charge in [0.05, 0.1) is 5.92 Å². The average molecular weight is 291 g/mol. The zero-order valence-corrected chi connectivity index (χ0v) is 12.4. The van der Waals surface area contributed by atoms with E-state index in [2.05, 4.69) is 10.3 Å². The monoisotopic (exact) mass is 291 g/mol. The summed E-state index contributed by atoms with van der Waals surface area (Å²) in [5.74, 6) is -0.424. The van der Waals surface area contributed by atoms with E-state index in [4.69, 9.17) is 5.11 Å². The summed E-state index contributed by atoms with van der Waals surface area (Å²) < 4.78 is 0. The molecule has 0 aliphatic heterocycles. The molecule has 1 saturated carbocycles. The smallest absolute Gasteiger partial charge is 0.322 e. The van der Waals surface area contributed by atoms with Crippen LogP contribution < -0.4 is 5.32 Å². The molecule has 1 fully saturated rings. The number of urea groups is 1. The summed E-state index contributed by atoms with van der Waals surface area (Å²) in [7, 11) is 1.57. The normalized spacial score (nSPS) is 15.9. The number of amides is 2. The van der Waals surface area contributed by atoms with Crippen LogP contribution in [-0.2, 0) is 4.79 Å². The molecule has 1 aliphatic rings. The van der Waals surface area contributed by atoms with Crippen molar-refractivity contribution < 1.29 is 14.7 Å². The molecule has 114 valence electrons. The zero-order chi connectivity index (χ0) is 15.4. The second-order valence-corrected chi connectivity index (χ2v) is 5.65. The van der Waals surface area contributed by atoms with Gasteiger partial charge >= 0.3 is 12.0 Å². The van der Waals surface area contributed by atoms with Gasteiger partial charge in [-0.15, -0.1) is 0 Å². The summed E-state index contributed by atoms with van der Waals surface area (Å²) in [6.07, 6.45) is 5.50. The molecule has 0 spiro atoms. The molecule has 1 unspecified atom stereocenters. The number of aromatic nitrogens is 1. The van der Waals surface area contributed by atoms with Gasteiger partial charge in [0.25, 0.3) is 0 Å². The molecule has 2 amide bonds. The molecule has 2 rings (SSSR count). The molecule has 1 aromatic heterocycles. The van der Waals surface area contributed by atoms with Crippen molar-refractivity contribution in [1.29, 1.82) is 0 Å². The number of aliphatic carboxylic acids is 1. The van der Waals surface area contributed by atoms with Crippen LogP contribution in [0.5, 0.6) is 0 Å². The Morgan fingerprint density at radius 2 is 2.19 bits per heavy atom. The van der Waals surface area contributed by atoms with Gasteiger partial charge in [-0.1, -0.05) is 19.4 Å². The lowest BCUT2D eigenvalue weighted by Gasteiger charge is -2.25. The number of nitrogens with zero attached hydrogens (tertiary/aromatic N) is 2. The lowest BCUT2D eigenvalue weighted by atomic mass is 9.81. The third kappa shape index (κ3) is 3.93. The standard InChI is InChI=1S/C15H21N3O3/c1-10(14(19)20)9-18(2)15(21)17-13-7-6-12(8-16-13)11-4-3-5-11/h6-8,10-11H,3-5,9H2,1-2H3,(H,19,20)(H,16,17,21). The number of nitrogens with one attached hydrogen (secondary N) is 1. The highest BCUT2D eigenvalue weighted by molar-refractivity contribution is 5.88.